The molecule has 0 saturated heterocycles. The summed E-state index contributed by atoms with van der Waals surface area (Å²) >= 11 is 5.94. The van der Waals surface area contributed by atoms with Gasteiger partial charge in [0.1, 0.15) is 11.4 Å². The molecule has 0 spiro atoms. The lowest BCUT2D eigenvalue weighted by molar-refractivity contribution is 0.0627. The molecule has 0 amide bonds. The van der Waals surface area contributed by atoms with E-state index in [9.17, 15) is 17.9 Å². The Hall–Kier alpha value is -1.47. The van der Waals surface area contributed by atoms with Crippen LogP contribution >= 0.6 is 11.6 Å². The highest BCUT2D eigenvalue weighted by molar-refractivity contribution is 7.89. The summed E-state index contributed by atoms with van der Waals surface area (Å²) in [6, 6.07) is 9.63. The molecule has 23 heavy (non-hydrogen) atoms. The molecule has 0 heterocycles. The van der Waals surface area contributed by atoms with Crippen LogP contribution in [0.4, 0.5) is 4.39 Å². The van der Waals surface area contributed by atoms with Crippen molar-refractivity contribution in [3.05, 3.63) is 64.4 Å². The number of sulfonamides is 1. The molecule has 2 aromatic carbocycles. The third-order valence-electron chi connectivity index (χ3n) is 3.53. The molecule has 4 nitrogen and oxygen atoms in total. The summed E-state index contributed by atoms with van der Waals surface area (Å²) in [4.78, 5) is 0.0167. The fourth-order valence-electron chi connectivity index (χ4n) is 1.97. The third-order valence-corrected chi connectivity index (χ3v) is 5.33. The van der Waals surface area contributed by atoms with E-state index in [-0.39, 0.29) is 11.4 Å². The molecular formula is C16H17ClFNO3S. The van der Waals surface area contributed by atoms with E-state index in [0.29, 0.717) is 10.6 Å². The van der Waals surface area contributed by atoms with Gasteiger partial charge in [0.15, 0.2) is 0 Å². The molecule has 7 heteroatoms. The first-order valence-electron chi connectivity index (χ1n) is 6.86. The lowest BCUT2D eigenvalue weighted by Crippen LogP contribution is -2.38. The van der Waals surface area contributed by atoms with Crippen LogP contribution in [0.1, 0.15) is 18.1 Å². The molecular weight excluding hydrogens is 341 g/mol. The Morgan fingerprint density at radius 2 is 1.83 bits per heavy atom. The monoisotopic (exact) mass is 357 g/mol. The van der Waals surface area contributed by atoms with Gasteiger partial charge in [-0.25, -0.2) is 17.5 Å². The Labute approximate surface area is 140 Å². The number of hydrogen-bond donors (Lipinski definition) is 2. The zero-order chi connectivity index (χ0) is 17.3. The largest absolute Gasteiger partial charge is 0.384 e. The van der Waals surface area contributed by atoms with Crippen LogP contribution in [0, 0.1) is 12.7 Å². The van der Waals surface area contributed by atoms with Crippen LogP contribution in [-0.4, -0.2) is 20.1 Å². The zero-order valence-corrected chi connectivity index (χ0v) is 14.2. The third kappa shape index (κ3) is 4.29. The van der Waals surface area contributed by atoms with Gasteiger partial charge in [-0.3, -0.25) is 0 Å². The van der Waals surface area contributed by atoms with Gasteiger partial charge in [0.05, 0.1) is 4.90 Å². The van der Waals surface area contributed by atoms with Gasteiger partial charge in [-0.1, -0.05) is 29.8 Å². The molecule has 2 N–H and O–H groups in total. The average molecular weight is 358 g/mol. The van der Waals surface area contributed by atoms with E-state index >= 15 is 0 Å². The smallest absolute Gasteiger partial charge is 0.240 e. The molecule has 0 aliphatic heterocycles. The molecule has 124 valence electrons. The van der Waals surface area contributed by atoms with E-state index in [0.717, 1.165) is 5.56 Å². The van der Waals surface area contributed by atoms with Gasteiger partial charge in [-0.05, 0) is 49.2 Å². The van der Waals surface area contributed by atoms with Crippen LogP contribution < -0.4 is 4.72 Å². The first-order valence-corrected chi connectivity index (χ1v) is 8.72. The van der Waals surface area contributed by atoms with Crippen LogP contribution in [0.25, 0.3) is 0 Å². The maximum absolute atomic E-state index is 12.9. The van der Waals surface area contributed by atoms with Crippen LogP contribution in [0.3, 0.4) is 0 Å². The second-order valence-corrected chi connectivity index (χ2v) is 7.69. The Balaban J connectivity index is 2.17. The highest BCUT2D eigenvalue weighted by Crippen LogP contribution is 2.23. The van der Waals surface area contributed by atoms with Crippen molar-refractivity contribution in [1.82, 2.24) is 4.72 Å². The molecule has 0 aliphatic rings. The molecule has 1 unspecified atom stereocenters. The molecule has 0 aromatic heterocycles. The van der Waals surface area contributed by atoms with Gasteiger partial charge in [-0.15, -0.1) is 0 Å². The van der Waals surface area contributed by atoms with Crippen molar-refractivity contribution < 1.29 is 17.9 Å². The topological polar surface area (TPSA) is 66.4 Å². The van der Waals surface area contributed by atoms with Crippen molar-refractivity contribution in [2.45, 2.75) is 24.3 Å². The second-order valence-electron chi connectivity index (χ2n) is 5.52. The van der Waals surface area contributed by atoms with E-state index in [4.69, 9.17) is 11.6 Å². The fraction of sp³-hybridized carbons (Fsp3) is 0.250. The number of aliphatic hydroxyl groups is 1. The Bertz CT molecular complexity index is 805. The first kappa shape index (κ1) is 17.9. The predicted octanol–water partition coefficient (Wildman–Crippen LogP) is 2.97. The quantitative estimate of drug-likeness (QED) is 0.864. The van der Waals surface area contributed by atoms with Crippen LogP contribution in [0.2, 0.25) is 5.02 Å². The molecule has 2 aromatic rings. The van der Waals surface area contributed by atoms with Gasteiger partial charge in [0, 0.05) is 11.6 Å². The SMILES string of the molecule is Cc1ccc(S(=O)(=O)NCC(C)(O)c2ccc(F)cc2)cc1Cl. The summed E-state index contributed by atoms with van der Waals surface area (Å²) in [7, 11) is -3.82. The van der Waals surface area contributed by atoms with Gasteiger partial charge >= 0.3 is 0 Å². The number of halogens is 2. The molecule has 0 saturated carbocycles. The highest BCUT2D eigenvalue weighted by atomic mass is 35.5. The van der Waals surface area contributed by atoms with Gasteiger partial charge in [0.2, 0.25) is 10.0 Å². The van der Waals surface area contributed by atoms with Crippen molar-refractivity contribution in [3.63, 3.8) is 0 Å². The van der Waals surface area contributed by atoms with Crippen LogP contribution in [0.5, 0.6) is 0 Å². The lowest BCUT2D eigenvalue weighted by Gasteiger charge is -2.24. The van der Waals surface area contributed by atoms with Crippen molar-refractivity contribution in [1.29, 1.82) is 0 Å². The number of nitrogens with one attached hydrogen (secondary N) is 1. The minimum Gasteiger partial charge on any atom is -0.384 e. The summed E-state index contributed by atoms with van der Waals surface area (Å²) in [5.74, 6) is -0.431. The Morgan fingerprint density at radius 3 is 2.39 bits per heavy atom. The predicted molar refractivity (Wildman–Crippen MR) is 87.3 cm³/mol. The highest BCUT2D eigenvalue weighted by Gasteiger charge is 2.26. The summed E-state index contributed by atoms with van der Waals surface area (Å²) in [5, 5.41) is 10.8. The average Bonchev–Trinajstić information content (AvgIpc) is 2.48. The van der Waals surface area contributed by atoms with Gasteiger partial charge in [-0.2, -0.15) is 0 Å². The second kappa shape index (κ2) is 6.57. The summed E-state index contributed by atoms with van der Waals surface area (Å²) in [6.45, 7) is 2.96. The normalized spacial score (nSPS) is 14.5. The number of rotatable bonds is 5. The molecule has 0 radical (unpaired) electrons. The Morgan fingerprint density at radius 1 is 1.22 bits per heavy atom. The maximum atomic E-state index is 12.9. The van der Waals surface area contributed by atoms with Gasteiger partial charge in [0.25, 0.3) is 0 Å². The number of benzene rings is 2. The fourth-order valence-corrected chi connectivity index (χ4v) is 3.37. The summed E-state index contributed by atoms with van der Waals surface area (Å²) < 4.78 is 39.9. The van der Waals surface area contributed by atoms with Crippen molar-refractivity contribution in [2.75, 3.05) is 6.54 Å². The summed E-state index contributed by atoms with van der Waals surface area (Å²) in [5.41, 5.74) is -0.303. The summed E-state index contributed by atoms with van der Waals surface area (Å²) in [6.07, 6.45) is 0. The van der Waals surface area contributed by atoms with E-state index in [1.165, 1.54) is 43.3 Å². The lowest BCUT2D eigenvalue weighted by atomic mass is 9.96. The van der Waals surface area contributed by atoms with Crippen LogP contribution in [0.15, 0.2) is 47.4 Å². The maximum Gasteiger partial charge on any atom is 0.240 e. The minimum absolute atomic E-state index is 0.0167. The van der Waals surface area contributed by atoms with Crippen LogP contribution in [-0.2, 0) is 15.6 Å². The van der Waals surface area contributed by atoms with Crippen molar-refractivity contribution in [3.8, 4) is 0 Å². The van der Waals surface area contributed by atoms with E-state index in [2.05, 4.69) is 4.72 Å². The minimum atomic E-state index is -3.82. The molecule has 2 rings (SSSR count). The molecule has 0 fully saturated rings. The standard InChI is InChI=1S/C16H17ClFNO3S/c1-11-3-8-14(9-15(11)17)23(21,22)19-10-16(2,20)12-4-6-13(18)7-5-12/h3-9,19-20H,10H2,1-2H3. The van der Waals surface area contributed by atoms with Crippen molar-refractivity contribution >= 4 is 21.6 Å². The van der Waals surface area contributed by atoms with Crippen molar-refractivity contribution in [2.24, 2.45) is 0 Å². The number of hydrogen-bond acceptors (Lipinski definition) is 3. The van der Waals surface area contributed by atoms with E-state index < -0.39 is 21.4 Å². The molecule has 1 atom stereocenters. The van der Waals surface area contributed by atoms with Gasteiger partial charge < -0.3 is 5.11 Å². The Kier molecular flexibility index (Phi) is 5.10. The number of aryl methyl sites for hydroxylation is 1. The molecule has 0 bridgehead atoms. The van der Waals surface area contributed by atoms with E-state index in [1.54, 1.807) is 13.0 Å². The zero-order valence-electron chi connectivity index (χ0n) is 12.7. The molecule has 0 aliphatic carbocycles. The first-order chi connectivity index (χ1) is 10.6. The van der Waals surface area contributed by atoms with E-state index in [1.807, 2.05) is 0 Å².